The summed E-state index contributed by atoms with van der Waals surface area (Å²) in [4.78, 5) is 26.5. The summed E-state index contributed by atoms with van der Waals surface area (Å²) in [5.41, 5.74) is 7.33. The molecule has 6 nitrogen and oxygen atoms in total. The lowest BCUT2D eigenvalue weighted by Gasteiger charge is -2.22. The van der Waals surface area contributed by atoms with Gasteiger partial charge in [-0.05, 0) is 42.8 Å². The number of amides is 2. The zero-order chi connectivity index (χ0) is 18.2. The molecule has 0 saturated carbocycles. The molecule has 0 unspecified atom stereocenters. The summed E-state index contributed by atoms with van der Waals surface area (Å²) in [7, 11) is 1.54. The van der Waals surface area contributed by atoms with Gasteiger partial charge < -0.3 is 20.7 Å². The molecule has 0 aliphatic carbocycles. The van der Waals surface area contributed by atoms with Gasteiger partial charge >= 0.3 is 0 Å². The number of carbonyl (C=O) groups is 2. The average Bonchev–Trinajstić information content (AvgIpc) is 2.62. The molecule has 132 valence electrons. The third-order valence-electron chi connectivity index (χ3n) is 3.65. The molecule has 0 radical (unpaired) electrons. The van der Waals surface area contributed by atoms with Crippen LogP contribution in [0.25, 0.3) is 0 Å². The standard InChI is InChI=1S/C19H23N3O3/c1-3-12-22(19(24)14-8-10-15(20)11-9-14)13-18(23)21-16-6-4-5-7-17(16)25-2/h4-11H,3,12-13,20H2,1-2H3,(H,21,23). The van der Waals surface area contributed by atoms with Crippen LogP contribution in [0, 0.1) is 0 Å². The monoisotopic (exact) mass is 341 g/mol. The molecule has 0 fully saturated rings. The average molecular weight is 341 g/mol. The van der Waals surface area contributed by atoms with Gasteiger partial charge in [-0.1, -0.05) is 19.1 Å². The highest BCUT2D eigenvalue weighted by atomic mass is 16.5. The van der Waals surface area contributed by atoms with E-state index < -0.39 is 0 Å². The Hall–Kier alpha value is -3.02. The Kier molecular flexibility index (Phi) is 6.39. The Balaban J connectivity index is 2.08. The molecule has 2 aromatic carbocycles. The normalized spacial score (nSPS) is 10.2. The van der Waals surface area contributed by atoms with Crippen molar-refractivity contribution in [3.05, 3.63) is 54.1 Å². The summed E-state index contributed by atoms with van der Waals surface area (Å²) in [5, 5.41) is 2.79. The predicted octanol–water partition coefficient (Wildman–Crippen LogP) is 2.77. The van der Waals surface area contributed by atoms with Gasteiger partial charge in [0.15, 0.2) is 0 Å². The topological polar surface area (TPSA) is 84.7 Å². The maximum absolute atomic E-state index is 12.6. The van der Waals surface area contributed by atoms with Gasteiger partial charge in [0.25, 0.3) is 5.91 Å². The number of rotatable bonds is 7. The van der Waals surface area contributed by atoms with Crippen LogP contribution in [0.2, 0.25) is 0 Å². The van der Waals surface area contributed by atoms with Gasteiger partial charge in [0, 0.05) is 17.8 Å². The summed E-state index contributed by atoms with van der Waals surface area (Å²) in [6.45, 7) is 2.42. The van der Waals surface area contributed by atoms with Crippen LogP contribution in [-0.4, -0.2) is 36.9 Å². The molecular formula is C19H23N3O3. The van der Waals surface area contributed by atoms with Crippen molar-refractivity contribution in [1.82, 2.24) is 4.90 Å². The van der Waals surface area contributed by atoms with E-state index in [9.17, 15) is 9.59 Å². The molecule has 0 aliphatic heterocycles. The quantitative estimate of drug-likeness (QED) is 0.759. The fraction of sp³-hybridized carbons (Fsp3) is 0.263. The van der Waals surface area contributed by atoms with E-state index >= 15 is 0 Å². The first-order chi connectivity index (χ1) is 12.0. The van der Waals surface area contributed by atoms with Crippen molar-refractivity contribution in [2.45, 2.75) is 13.3 Å². The number of anilines is 2. The molecule has 0 bridgehead atoms. The van der Waals surface area contributed by atoms with Crippen LogP contribution in [0.5, 0.6) is 5.75 Å². The van der Waals surface area contributed by atoms with Crippen LogP contribution >= 0.6 is 0 Å². The molecule has 0 aromatic heterocycles. The number of ether oxygens (including phenoxy) is 1. The van der Waals surface area contributed by atoms with Crippen LogP contribution in [0.3, 0.4) is 0 Å². The molecular weight excluding hydrogens is 318 g/mol. The van der Waals surface area contributed by atoms with Crippen LogP contribution in [0.4, 0.5) is 11.4 Å². The van der Waals surface area contributed by atoms with Crippen molar-refractivity contribution in [3.8, 4) is 5.75 Å². The maximum atomic E-state index is 12.6. The van der Waals surface area contributed by atoms with Crippen molar-refractivity contribution in [3.63, 3.8) is 0 Å². The first-order valence-electron chi connectivity index (χ1n) is 8.12. The molecule has 2 aromatic rings. The van der Waals surface area contributed by atoms with Gasteiger partial charge in [0.1, 0.15) is 12.3 Å². The highest BCUT2D eigenvalue weighted by molar-refractivity contribution is 6.00. The van der Waals surface area contributed by atoms with E-state index in [2.05, 4.69) is 5.32 Å². The number of nitrogens with zero attached hydrogens (tertiary/aromatic N) is 1. The largest absolute Gasteiger partial charge is 0.495 e. The molecule has 0 spiro atoms. The molecule has 0 saturated heterocycles. The zero-order valence-corrected chi connectivity index (χ0v) is 14.5. The Morgan fingerprint density at radius 3 is 2.44 bits per heavy atom. The van der Waals surface area contributed by atoms with Gasteiger partial charge in [-0.25, -0.2) is 0 Å². The first-order valence-corrected chi connectivity index (χ1v) is 8.12. The Labute approximate surface area is 147 Å². The number of nitrogens with two attached hydrogens (primary N) is 1. The van der Waals surface area contributed by atoms with Crippen molar-refractivity contribution < 1.29 is 14.3 Å². The van der Waals surface area contributed by atoms with E-state index in [-0.39, 0.29) is 18.4 Å². The van der Waals surface area contributed by atoms with Crippen molar-refractivity contribution in [1.29, 1.82) is 0 Å². The lowest BCUT2D eigenvalue weighted by Crippen LogP contribution is -2.38. The smallest absolute Gasteiger partial charge is 0.254 e. The second-order valence-electron chi connectivity index (χ2n) is 5.60. The lowest BCUT2D eigenvalue weighted by atomic mass is 10.1. The minimum absolute atomic E-state index is 0.0326. The van der Waals surface area contributed by atoms with Crippen LogP contribution in [-0.2, 0) is 4.79 Å². The number of hydrogen-bond donors (Lipinski definition) is 2. The minimum Gasteiger partial charge on any atom is -0.495 e. The van der Waals surface area contributed by atoms with E-state index in [0.29, 0.717) is 29.2 Å². The molecule has 6 heteroatoms. The SMILES string of the molecule is CCCN(CC(=O)Nc1ccccc1OC)C(=O)c1ccc(N)cc1. The maximum Gasteiger partial charge on any atom is 0.254 e. The van der Waals surface area contributed by atoms with E-state index in [4.69, 9.17) is 10.5 Å². The number of methoxy groups -OCH3 is 1. The Morgan fingerprint density at radius 1 is 1.12 bits per heavy atom. The Morgan fingerprint density at radius 2 is 1.80 bits per heavy atom. The zero-order valence-electron chi connectivity index (χ0n) is 14.5. The number of benzene rings is 2. The second kappa shape index (κ2) is 8.73. The predicted molar refractivity (Wildman–Crippen MR) is 98.7 cm³/mol. The number of nitrogens with one attached hydrogen (secondary N) is 1. The van der Waals surface area contributed by atoms with E-state index in [0.717, 1.165) is 6.42 Å². The van der Waals surface area contributed by atoms with Crippen LogP contribution in [0.1, 0.15) is 23.7 Å². The van der Waals surface area contributed by atoms with E-state index in [1.807, 2.05) is 19.1 Å². The van der Waals surface area contributed by atoms with E-state index in [1.165, 1.54) is 4.90 Å². The number of para-hydroxylation sites is 2. The summed E-state index contributed by atoms with van der Waals surface area (Å²) >= 11 is 0. The summed E-state index contributed by atoms with van der Waals surface area (Å²) in [6.07, 6.45) is 0.753. The molecule has 0 aliphatic rings. The number of nitrogen functional groups attached to an aromatic ring is 1. The van der Waals surface area contributed by atoms with Crippen molar-refractivity contribution >= 4 is 23.2 Å². The summed E-state index contributed by atoms with van der Waals surface area (Å²) < 4.78 is 5.22. The number of carbonyl (C=O) groups excluding carboxylic acids is 2. The van der Waals surface area contributed by atoms with Crippen LogP contribution < -0.4 is 15.8 Å². The van der Waals surface area contributed by atoms with Gasteiger partial charge in [-0.3, -0.25) is 9.59 Å². The van der Waals surface area contributed by atoms with Crippen molar-refractivity contribution in [2.24, 2.45) is 0 Å². The minimum atomic E-state index is -0.276. The molecule has 25 heavy (non-hydrogen) atoms. The van der Waals surface area contributed by atoms with E-state index in [1.54, 1.807) is 43.5 Å². The third-order valence-corrected chi connectivity index (χ3v) is 3.65. The fourth-order valence-corrected chi connectivity index (χ4v) is 2.44. The number of hydrogen-bond acceptors (Lipinski definition) is 4. The first kappa shape index (κ1) is 18.3. The fourth-order valence-electron chi connectivity index (χ4n) is 2.44. The second-order valence-corrected chi connectivity index (χ2v) is 5.60. The molecule has 0 heterocycles. The van der Waals surface area contributed by atoms with Gasteiger partial charge in [0.05, 0.1) is 12.8 Å². The highest BCUT2D eigenvalue weighted by Gasteiger charge is 2.18. The van der Waals surface area contributed by atoms with Crippen LogP contribution in [0.15, 0.2) is 48.5 Å². The lowest BCUT2D eigenvalue weighted by molar-refractivity contribution is -0.116. The van der Waals surface area contributed by atoms with Gasteiger partial charge in [0.2, 0.25) is 5.91 Å². The van der Waals surface area contributed by atoms with Gasteiger partial charge in [-0.15, -0.1) is 0 Å². The highest BCUT2D eigenvalue weighted by Crippen LogP contribution is 2.23. The third kappa shape index (κ3) is 4.97. The summed E-state index contributed by atoms with van der Waals surface area (Å²) in [6, 6.07) is 13.8. The molecule has 2 rings (SSSR count). The molecule has 3 N–H and O–H groups in total. The molecule has 2 amide bonds. The Bertz CT molecular complexity index is 729. The van der Waals surface area contributed by atoms with Gasteiger partial charge in [-0.2, -0.15) is 0 Å². The van der Waals surface area contributed by atoms with Crippen molar-refractivity contribution in [2.75, 3.05) is 31.2 Å². The summed E-state index contributed by atoms with van der Waals surface area (Å²) in [5.74, 6) is 0.0986. The molecule has 0 atom stereocenters.